The fourth-order valence-corrected chi connectivity index (χ4v) is 5.22. The van der Waals surface area contributed by atoms with Crippen molar-refractivity contribution in [3.8, 4) is 11.5 Å². The Bertz CT molecular complexity index is 1040. The van der Waals surface area contributed by atoms with E-state index in [0.29, 0.717) is 17.9 Å². The van der Waals surface area contributed by atoms with Gasteiger partial charge in [0.15, 0.2) is 5.76 Å². The number of nitrogens with zero attached hydrogens (tertiary/aromatic N) is 2. The highest BCUT2D eigenvalue weighted by Crippen LogP contribution is 2.29. The molecule has 0 aromatic carbocycles. The summed E-state index contributed by atoms with van der Waals surface area (Å²) in [5.41, 5.74) is 2.77. The number of hydrogen-bond donors (Lipinski definition) is 1. The van der Waals surface area contributed by atoms with Crippen molar-refractivity contribution in [1.82, 2.24) is 14.9 Å². The lowest BCUT2D eigenvalue weighted by Gasteiger charge is -2.06. The molecule has 3 aromatic rings. The molecule has 1 aliphatic carbocycles. The van der Waals surface area contributed by atoms with Crippen molar-refractivity contribution in [1.29, 1.82) is 0 Å². The molecule has 144 valence electrons. The van der Waals surface area contributed by atoms with E-state index in [9.17, 15) is 8.42 Å². The van der Waals surface area contributed by atoms with Crippen molar-refractivity contribution in [3.63, 3.8) is 0 Å². The molecule has 0 aliphatic heterocycles. The van der Waals surface area contributed by atoms with Crippen LogP contribution in [0.25, 0.3) is 11.5 Å². The molecule has 7 nitrogen and oxygen atoms in total. The third-order valence-corrected chi connectivity index (χ3v) is 7.30. The lowest BCUT2D eigenvalue weighted by Crippen LogP contribution is -2.25. The van der Waals surface area contributed by atoms with E-state index in [-0.39, 0.29) is 11.6 Å². The zero-order chi connectivity index (χ0) is 19.0. The van der Waals surface area contributed by atoms with E-state index >= 15 is 0 Å². The first-order chi connectivity index (χ1) is 12.9. The van der Waals surface area contributed by atoms with Gasteiger partial charge in [-0.15, -0.1) is 11.3 Å². The molecule has 0 fully saturated rings. The summed E-state index contributed by atoms with van der Waals surface area (Å²) < 4.78 is 38.3. The molecular formula is C18H21N3O4S2. The lowest BCUT2D eigenvalue weighted by molar-refractivity contribution is 0.397. The molecule has 0 amide bonds. The smallest absolute Gasteiger partial charge is 0.273 e. The van der Waals surface area contributed by atoms with Gasteiger partial charge in [-0.2, -0.15) is 0 Å². The minimum Gasteiger partial charge on any atom is -0.440 e. The average Bonchev–Trinajstić information content (AvgIpc) is 3.34. The second-order valence-corrected chi connectivity index (χ2v) is 9.54. The normalized spacial score (nSPS) is 14.4. The number of furan rings is 1. The largest absolute Gasteiger partial charge is 0.440 e. The molecule has 0 unspecified atom stereocenters. The van der Waals surface area contributed by atoms with Crippen LogP contribution in [0, 0.1) is 13.8 Å². The van der Waals surface area contributed by atoms with Crippen LogP contribution in [0.1, 0.15) is 39.7 Å². The summed E-state index contributed by atoms with van der Waals surface area (Å²) in [5, 5.41) is 4.72. The Morgan fingerprint density at radius 3 is 2.78 bits per heavy atom. The first kappa shape index (κ1) is 18.4. The predicted octanol–water partition coefficient (Wildman–Crippen LogP) is 3.41. The number of thiazole rings is 1. The van der Waals surface area contributed by atoms with Gasteiger partial charge in [0.2, 0.25) is 10.9 Å². The SMILES string of the molecule is Cc1noc(-c2ccc(S(=O)(=O)NCCc3nc4c(s3)CCCC4)o2)c1C. The summed E-state index contributed by atoms with van der Waals surface area (Å²) in [7, 11) is -3.73. The van der Waals surface area contributed by atoms with Crippen LogP contribution < -0.4 is 4.72 Å². The maximum atomic E-state index is 12.5. The number of aryl methyl sites for hydroxylation is 3. The van der Waals surface area contributed by atoms with Crippen LogP contribution in [0.4, 0.5) is 0 Å². The molecule has 0 bridgehead atoms. The molecule has 0 spiro atoms. The van der Waals surface area contributed by atoms with E-state index in [2.05, 4.69) is 14.9 Å². The number of hydrogen-bond acceptors (Lipinski definition) is 7. The molecular weight excluding hydrogens is 386 g/mol. The van der Waals surface area contributed by atoms with E-state index in [1.165, 1.54) is 29.5 Å². The Labute approximate surface area is 161 Å². The lowest BCUT2D eigenvalue weighted by atomic mass is 10.0. The standard InChI is InChI=1S/C18H21N3O4S2/c1-11-12(2)21-25-18(11)14-7-8-17(24-14)27(22,23)19-10-9-16-20-13-5-3-4-6-15(13)26-16/h7-8,19H,3-6,9-10H2,1-2H3. The van der Waals surface area contributed by atoms with Gasteiger partial charge in [-0.05, 0) is 51.7 Å². The van der Waals surface area contributed by atoms with Crippen molar-refractivity contribution in [3.05, 3.63) is 39.0 Å². The topological polar surface area (TPSA) is 98.2 Å². The van der Waals surface area contributed by atoms with Gasteiger partial charge in [-0.3, -0.25) is 0 Å². The second-order valence-electron chi connectivity index (χ2n) is 6.67. The van der Waals surface area contributed by atoms with E-state index < -0.39 is 10.0 Å². The minimum absolute atomic E-state index is 0.135. The Hall–Kier alpha value is -1.97. The van der Waals surface area contributed by atoms with E-state index in [4.69, 9.17) is 8.94 Å². The van der Waals surface area contributed by atoms with E-state index in [1.807, 2.05) is 13.8 Å². The van der Waals surface area contributed by atoms with Crippen molar-refractivity contribution >= 4 is 21.4 Å². The number of fused-ring (bicyclic) bond motifs is 1. The summed E-state index contributed by atoms with van der Waals surface area (Å²) in [6, 6.07) is 3.01. The third-order valence-electron chi connectivity index (χ3n) is 4.75. The van der Waals surface area contributed by atoms with Crippen LogP contribution in [-0.2, 0) is 29.3 Å². The van der Waals surface area contributed by atoms with Gasteiger partial charge >= 0.3 is 0 Å². The molecule has 0 saturated heterocycles. The highest BCUT2D eigenvalue weighted by molar-refractivity contribution is 7.89. The van der Waals surface area contributed by atoms with Crippen LogP contribution >= 0.6 is 11.3 Å². The molecule has 0 saturated carbocycles. The highest BCUT2D eigenvalue weighted by Gasteiger charge is 2.22. The van der Waals surface area contributed by atoms with Gasteiger partial charge < -0.3 is 8.94 Å². The first-order valence-electron chi connectivity index (χ1n) is 8.94. The first-order valence-corrected chi connectivity index (χ1v) is 11.2. The molecule has 1 aliphatic rings. The number of aromatic nitrogens is 2. The van der Waals surface area contributed by atoms with Crippen LogP contribution in [0.2, 0.25) is 0 Å². The molecule has 9 heteroatoms. The number of rotatable bonds is 6. The monoisotopic (exact) mass is 407 g/mol. The zero-order valence-electron chi connectivity index (χ0n) is 15.2. The molecule has 4 rings (SSSR count). The van der Waals surface area contributed by atoms with Crippen molar-refractivity contribution in [2.24, 2.45) is 0 Å². The molecule has 1 N–H and O–H groups in total. The molecule has 0 radical (unpaired) electrons. The number of sulfonamides is 1. The van der Waals surface area contributed by atoms with Gasteiger partial charge in [-0.25, -0.2) is 18.1 Å². The summed E-state index contributed by atoms with van der Waals surface area (Å²) in [5.74, 6) is 0.795. The summed E-state index contributed by atoms with van der Waals surface area (Å²) in [6.07, 6.45) is 5.10. The predicted molar refractivity (Wildman–Crippen MR) is 101 cm³/mol. The Kier molecular flexibility index (Phi) is 4.92. The summed E-state index contributed by atoms with van der Waals surface area (Å²) in [4.78, 5) is 5.99. The van der Waals surface area contributed by atoms with Gasteiger partial charge in [-0.1, -0.05) is 5.16 Å². The van der Waals surface area contributed by atoms with Gasteiger partial charge in [0.25, 0.3) is 10.0 Å². The van der Waals surface area contributed by atoms with Gasteiger partial charge in [0, 0.05) is 23.4 Å². The van der Waals surface area contributed by atoms with E-state index in [0.717, 1.165) is 29.1 Å². The molecule has 0 atom stereocenters. The van der Waals surface area contributed by atoms with E-state index in [1.54, 1.807) is 17.4 Å². The summed E-state index contributed by atoms with van der Waals surface area (Å²) in [6.45, 7) is 3.95. The zero-order valence-corrected chi connectivity index (χ0v) is 16.9. The van der Waals surface area contributed by atoms with Crippen LogP contribution in [0.15, 0.2) is 26.2 Å². The van der Waals surface area contributed by atoms with Crippen LogP contribution in [-0.4, -0.2) is 25.1 Å². The highest BCUT2D eigenvalue weighted by atomic mass is 32.2. The fraction of sp³-hybridized carbons (Fsp3) is 0.444. The molecule has 27 heavy (non-hydrogen) atoms. The van der Waals surface area contributed by atoms with Gasteiger partial charge in [0.1, 0.15) is 0 Å². The number of nitrogens with one attached hydrogen (secondary N) is 1. The van der Waals surface area contributed by atoms with Crippen LogP contribution in [0.5, 0.6) is 0 Å². The maximum absolute atomic E-state index is 12.5. The van der Waals surface area contributed by atoms with Crippen molar-refractivity contribution in [2.75, 3.05) is 6.54 Å². The molecule has 3 heterocycles. The Morgan fingerprint density at radius 2 is 2.04 bits per heavy atom. The van der Waals surface area contributed by atoms with Gasteiger partial charge in [0.05, 0.1) is 16.4 Å². The quantitative estimate of drug-likeness (QED) is 0.672. The van der Waals surface area contributed by atoms with Crippen molar-refractivity contribution in [2.45, 2.75) is 51.0 Å². The fourth-order valence-electron chi connectivity index (χ4n) is 3.11. The second kappa shape index (κ2) is 7.21. The maximum Gasteiger partial charge on any atom is 0.273 e. The minimum atomic E-state index is -3.73. The van der Waals surface area contributed by atoms with Crippen molar-refractivity contribution < 1.29 is 17.4 Å². The molecule has 3 aromatic heterocycles. The summed E-state index contributed by atoms with van der Waals surface area (Å²) >= 11 is 1.70. The third kappa shape index (κ3) is 3.71. The average molecular weight is 408 g/mol. The Morgan fingerprint density at radius 1 is 1.22 bits per heavy atom. The Balaban J connectivity index is 1.41. The van der Waals surface area contributed by atoms with Crippen LogP contribution in [0.3, 0.4) is 0 Å².